The van der Waals surface area contributed by atoms with Crippen LogP contribution in [-0.2, 0) is 0 Å². The van der Waals surface area contributed by atoms with Gasteiger partial charge < -0.3 is 4.90 Å². The molecular weight excluding hydrogens is 234 g/mol. The second-order valence-corrected chi connectivity index (χ2v) is 4.65. The van der Waals surface area contributed by atoms with Crippen molar-refractivity contribution in [3.63, 3.8) is 0 Å². The van der Waals surface area contributed by atoms with Gasteiger partial charge in [-0.1, -0.05) is 54.6 Å². The zero-order chi connectivity index (χ0) is 13.1. The zero-order valence-electron chi connectivity index (χ0n) is 10.6. The molecule has 2 aromatic carbocycles. The van der Waals surface area contributed by atoms with Gasteiger partial charge in [0.15, 0.2) is 0 Å². The van der Waals surface area contributed by atoms with Gasteiger partial charge in [0.05, 0.1) is 0 Å². The van der Waals surface area contributed by atoms with E-state index in [0.29, 0.717) is 13.1 Å². The number of benzene rings is 2. The Labute approximate surface area is 113 Å². The largest absolute Gasteiger partial charge is 0.331 e. The summed E-state index contributed by atoms with van der Waals surface area (Å²) in [5.41, 5.74) is 3.18. The molecule has 1 aliphatic rings. The van der Waals surface area contributed by atoms with Gasteiger partial charge in [-0.15, -0.1) is 0 Å². The summed E-state index contributed by atoms with van der Waals surface area (Å²) in [7, 11) is 0. The standard InChI is InChI=1S/C17H15NO/c19-17(15-9-5-2-6-10-15)18-12-11-16(13-18)14-7-3-1-4-8-14/h1-11H,12-13H2. The fourth-order valence-corrected chi connectivity index (χ4v) is 2.33. The fraction of sp³-hybridized carbons (Fsp3) is 0.118. The van der Waals surface area contributed by atoms with Crippen molar-refractivity contribution in [2.24, 2.45) is 0 Å². The van der Waals surface area contributed by atoms with Crippen LogP contribution in [0.5, 0.6) is 0 Å². The lowest BCUT2D eigenvalue weighted by Gasteiger charge is -2.16. The van der Waals surface area contributed by atoms with Gasteiger partial charge >= 0.3 is 0 Å². The molecule has 3 rings (SSSR count). The zero-order valence-corrected chi connectivity index (χ0v) is 10.6. The SMILES string of the molecule is O=C(c1ccccc1)N1CC=C(c2ccccc2)C1. The average molecular weight is 249 g/mol. The maximum Gasteiger partial charge on any atom is 0.254 e. The van der Waals surface area contributed by atoms with Crippen LogP contribution >= 0.6 is 0 Å². The minimum Gasteiger partial charge on any atom is -0.331 e. The maximum absolute atomic E-state index is 12.3. The van der Waals surface area contributed by atoms with E-state index in [9.17, 15) is 4.79 Å². The molecule has 0 bridgehead atoms. The lowest BCUT2D eigenvalue weighted by molar-refractivity contribution is 0.0801. The molecule has 2 nitrogen and oxygen atoms in total. The molecular formula is C17H15NO. The van der Waals surface area contributed by atoms with Crippen molar-refractivity contribution < 1.29 is 4.79 Å². The third-order valence-electron chi connectivity index (χ3n) is 3.37. The number of carbonyl (C=O) groups excluding carboxylic acids is 1. The maximum atomic E-state index is 12.3. The number of hydrogen-bond acceptors (Lipinski definition) is 1. The molecule has 0 unspecified atom stereocenters. The summed E-state index contributed by atoms with van der Waals surface area (Å²) in [4.78, 5) is 14.2. The summed E-state index contributed by atoms with van der Waals surface area (Å²) >= 11 is 0. The first-order valence-corrected chi connectivity index (χ1v) is 6.43. The monoisotopic (exact) mass is 249 g/mol. The molecule has 2 aromatic rings. The Kier molecular flexibility index (Phi) is 3.15. The summed E-state index contributed by atoms with van der Waals surface area (Å²) in [6.45, 7) is 1.38. The van der Waals surface area contributed by atoms with Crippen LogP contribution in [-0.4, -0.2) is 23.9 Å². The van der Waals surface area contributed by atoms with Crippen molar-refractivity contribution in [2.45, 2.75) is 0 Å². The highest BCUT2D eigenvalue weighted by molar-refractivity contribution is 5.96. The number of nitrogens with zero attached hydrogens (tertiary/aromatic N) is 1. The van der Waals surface area contributed by atoms with Gasteiger partial charge in [0, 0.05) is 18.7 Å². The van der Waals surface area contributed by atoms with Crippen molar-refractivity contribution in [1.29, 1.82) is 0 Å². The third kappa shape index (κ3) is 2.43. The van der Waals surface area contributed by atoms with E-state index in [1.54, 1.807) is 0 Å². The van der Waals surface area contributed by atoms with Gasteiger partial charge in [-0.3, -0.25) is 4.79 Å². The minimum absolute atomic E-state index is 0.0998. The van der Waals surface area contributed by atoms with Crippen LogP contribution in [0.15, 0.2) is 66.7 Å². The third-order valence-corrected chi connectivity index (χ3v) is 3.37. The molecule has 0 N–H and O–H groups in total. The number of rotatable bonds is 2. The second-order valence-electron chi connectivity index (χ2n) is 4.65. The average Bonchev–Trinajstić information content (AvgIpc) is 2.98. The van der Waals surface area contributed by atoms with Gasteiger partial charge in [-0.2, -0.15) is 0 Å². The van der Waals surface area contributed by atoms with Crippen LogP contribution in [0, 0.1) is 0 Å². The summed E-state index contributed by atoms with van der Waals surface area (Å²) in [5.74, 6) is 0.0998. The number of carbonyl (C=O) groups is 1. The number of amides is 1. The van der Waals surface area contributed by atoms with Gasteiger partial charge in [0.25, 0.3) is 5.91 Å². The van der Waals surface area contributed by atoms with Gasteiger partial charge in [-0.05, 0) is 23.3 Å². The molecule has 94 valence electrons. The predicted octanol–water partition coefficient (Wildman–Crippen LogP) is 3.23. The highest BCUT2D eigenvalue weighted by Gasteiger charge is 2.21. The van der Waals surface area contributed by atoms with Gasteiger partial charge in [0.2, 0.25) is 0 Å². The Morgan fingerprint density at radius 3 is 2.21 bits per heavy atom. The van der Waals surface area contributed by atoms with E-state index in [1.807, 2.05) is 53.4 Å². The fourth-order valence-electron chi connectivity index (χ4n) is 2.33. The molecule has 0 aliphatic carbocycles. The van der Waals surface area contributed by atoms with E-state index >= 15 is 0 Å². The molecule has 2 heteroatoms. The Morgan fingerprint density at radius 2 is 1.53 bits per heavy atom. The van der Waals surface area contributed by atoms with Crippen LogP contribution in [0.2, 0.25) is 0 Å². The summed E-state index contributed by atoms with van der Waals surface area (Å²) in [5, 5.41) is 0. The Balaban J connectivity index is 1.73. The molecule has 0 atom stereocenters. The van der Waals surface area contributed by atoms with Gasteiger partial charge in [0.1, 0.15) is 0 Å². The first-order valence-electron chi connectivity index (χ1n) is 6.43. The molecule has 0 aromatic heterocycles. The molecule has 0 saturated carbocycles. The smallest absolute Gasteiger partial charge is 0.254 e. The van der Waals surface area contributed by atoms with Crippen molar-refractivity contribution in [3.05, 3.63) is 77.9 Å². The first-order chi connectivity index (χ1) is 9.34. The van der Waals surface area contributed by atoms with Crippen LogP contribution < -0.4 is 0 Å². The topological polar surface area (TPSA) is 20.3 Å². The highest BCUT2D eigenvalue weighted by Crippen LogP contribution is 2.22. The predicted molar refractivity (Wildman–Crippen MR) is 76.8 cm³/mol. The van der Waals surface area contributed by atoms with Crippen molar-refractivity contribution in [3.8, 4) is 0 Å². The normalized spacial score (nSPS) is 14.3. The molecule has 0 saturated heterocycles. The Morgan fingerprint density at radius 1 is 0.895 bits per heavy atom. The van der Waals surface area contributed by atoms with Crippen molar-refractivity contribution in [1.82, 2.24) is 4.90 Å². The van der Waals surface area contributed by atoms with E-state index < -0.39 is 0 Å². The minimum atomic E-state index is 0.0998. The van der Waals surface area contributed by atoms with E-state index in [2.05, 4.69) is 18.2 Å². The molecule has 1 heterocycles. The highest BCUT2D eigenvalue weighted by atomic mass is 16.2. The van der Waals surface area contributed by atoms with Crippen LogP contribution in [0.3, 0.4) is 0 Å². The van der Waals surface area contributed by atoms with E-state index in [-0.39, 0.29) is 5.91 Å². The lowest BCUT2D eigenvalue weighted by Crippen LogP contribution is -2.28. The van der Waals surface area contributed by atoms with Crippen LogP contribution in [0.4, 0.5) is 0 Å². The summed E-state index contributed by atoms with van der Waals surface area (Å²) in [6.07, 6.45) is 2.14. The molecule has 1 amide bonds. The summed E-state index contributed by atoms with van der Waals surface area (Å²) in [6, 6.07) is 19.7. The molecule has 0 radical (unpaired) electrons. The molecule has 0 spiro atoms. The van der Waals surface area contributed by atoms with E-state index in [1.165, 1.54) is 11.1 Å². The first kappa shape index (κ1) is 11.7. The van der Waals surface area contributed by atoms with Crippen molar-refractivity contribution >= 4 is 11.5 Å². The number of hydrogen-bond donors (Lipinski definition) is 0. The second kappa shape index (κ2) is 5.11. The van der Waals surface area contributed by atoms with Crippen molar-refractivity contribution in [2.75, 3.05) is 13.1 Å². The lowest BCUT2D eigenvalue weighted by atomic mass is 10.1. The Bertz CT molecular complexity index is 602. The Hall–Kier alpha value is -2.35. The quantitative estimate of drug-likeness (QED) is 0.800. The van der Waals surface area contributed by atoms with E-state index in [0.717, 1.165) is 5.56 Å². The van der Waals surface area contributed by atoms with Crippen LogP contribution in [0.25, 0.3) is 5.57 Å². The van der Waals surface area contributed by atoms with E-state index in [4.69, 9.17) is 0 Å². The molecule has 1 aliphatic heterocycles. The molecule has 19 heavy (non-hydrogen) atoms. The summed E-state index contributed by atoms with van der Waals surface area (Å²) < 4.78 is 0. The molecule has 0 fully saturated rings. The van der Waals surface area contributed by atoms with Crippen LogP contribution in [0.1, 0.15) is 15.9 Å². The van der Waals surface area contributed by atoms with Gasteiger partial charge in [-0.25, -0.2) is 0 Å².